The normalized spacial score (nSPS) is 12.4. The summed E-state index contributed by atoms with van der Waals surface area (Å²) in [5, 5.41) is 26.3. The van der Waals surface area contributed by atoms with Gasteiger partial charge in [-0.15, -0.1) is 0 Å². The average molecular weight is 372 g/mol. The summed E-state index contributed by atoms with van der Waals surface area (Å²) in [6, 6.07) is 22.2. The Morgan fingerprint density at radius 2 is 1.29 bits per heavy atom. The summed E-state index contributed by atoms with van der Waals surface area (Å²) in [5.41, 5.74) is 3.77. The zero-order valence-electron chi connectivity index (χ0n) is 15.4. The number of rotatable bonds is 7. The van der Waals surface area contributed by atoms with Crippen molar-refractivity contribution in [1.82, 2.24) is 0 Å². The lowest BCUT2D eigenvalue weighted by atomic mass is 10.2. The number of aryl methyl sites for hydroxylation is 1. The van der Waals surface area contributed by atoms with Gasteiger partial charge in [0, 0.05) is 0 Å². The van der Waals surface area contributed by atoms with Gasteiger partial charge >= 0.3 is 0 Å². The van der Waals surface area contributed by atoms with E-state index in [-0.39, 0.29) is 0 Å². The molecule has 3 aromatic rings. The average Bonchev–Trinajstić information content (AvgIpc) is 2.74. The molecule has 0 aliphatic heterocycles. The fraction of sp³-hybridized carbons (Fsp3) is 0.0909. The first-order valence-electron chi connectivity index (χ1n) is 8.70. The molecule has 0 spiro atoms. The Hall–Kier alpha value is -3.64. The summed E-state index contributed by atoms with van der Waals surface area (Å²) in [7, 11) is 0. The smallest absolute Gasteiger partial charge is 0.217 e. The highest BCUT2D eigenvalue weighted by molar-refractivity contribution is 5.49. The standard InChI is InChI=1S/C22H20N4O2/c1-3-22(27)28-21-14-13-20(15-16(21)2)26-25-19-11-9-18(10-12-19)24-23-17-7-5-4-6-8-17/h3-15,22,27H,1H2,2H3/b24-23+,26-25+. The Labute approximate surface area is 163 Å². The van der Waals surface area contributed by atoms with Crippen LogP contribution < -0.4 is 4.74 Å². The van der Waals surface area contributed by atoms with E-state index in [1.165, 1.54) is 6.08 Å². The van der Waals surface area contributed by atoms with E-state index in [1.807, 2.05) is 67.6 Å². The Bertz CT molecular complexity index is 983. The van der Waals surface area contributed by atoms with Crippen molar-refractivity contribution in [3.05, 3.63) is 91.0 Å². The quantitative estimate of drug-likeness (QED) is 0.284. The van der Waals surface area contributed by atoms with Crippen LogP contribution in [0.25, 0.3) is 0 Å². The largest absolute Gasteiger partial charge is 0.461 e. The molecule has 6 nitrogen and oxygen atoms in total. The third kappa shape index (κ3) is 5.43. The van der Waals surface area contributed by atoms with Crippen LogP contribution in [-0.2, 0) is 0 Å². The third-order valence-electron chi connectivity index (χ3n) is 3.78. The van der Waals surface area contributed by atoms with Crippen LogP contribution in [0.2, 0.25) is 0 Å². The van der Waals surface area contributed by atoms with Crippen LogP contribution in [0.5, 0.6) is 5.75 Å². The molecular weight excluding hydrogens is 352 g/mol. The van der Waals surface area contributed by atoms with E-state index in [0.29, 0.717) is 17.1 Å². The lowest BCUT2D eigenvalue weighted by molar-refractivity contribution is 0.0245. The van der Waals surface area contributed by atoms with E-state index < -0.39 is 6.29 Å². The fourth-order valence-corrected chi connectivity index (χ4v) is 2.32. The second-order valence-corrected chi connectivity index (χ2v) is 5.95. The van der Waals surface area contributed by atoms with Gasteiger partial charge in [-0.05, 0) is 73.2 Å². The second-order valence-electron chi connectivity index (χ2n) is 5.95. The molecule has 0 aliphatic carbocycles. The predicted octanol–water partition coefficient (Wildman–Crippen LogP) is 6.71. The Morgan fingerprint density at radius 1 is 0.786 bits per heavy atom. The molecular formula is C22H20N4O2. The highest BCUT2D eigenvalue weighted by Gasteiger charge is 2.05. The molecule has 3 aromatic carbocycles. The van der Waals surface area contributed by atoms with E-state index in [4.69, 9.17) is 4.74 Å². The maximum atomic E-state index is 9.49. The zero-order chi connectivity index (χ0) is 19.8. The van der Waals surface area contributed by atoms with Crippen LogP contribution in [0.1, 0.15) is 5.56 Å². The molecule has 0 saturated heterocycles. The van der Waals surface area contributed by atoms with Gasteiger partial charge in [0.15, 0.2) is 0 Å². The molecule has 0 heterocycles. The van der Waals surface area contributed by atoms with Crippen LogP contribution in [0.3, 0.4) is 0 Å². The summed E-state index contributed by atoms with van der Waals surface area (Å²) in [5.74, 6) is 0.569. The number of azo groups is 2. The summed E-state index contributed by atoms with van der Waals surface area (Å²) < 4.78 is 5.33. The van der Waals surface area contributed by atoms with Crippen molar-refractivity contribution in [1.29, 1.82) is 0 Å². The first-order chi connectivity index (χ1) is 13.6. The van der Waals surface area contributed by atoms with Gasteiger partial charge in [-0.25, -0.2) is 0 Å². The van der Waals surface area contributed by atoms with Crippen LogP contribution in [0.15, 0.2) is 106 Å². The molecule has 0 bridgehead atoms. The van der Waals surface area contributed by atoms with Crippen molar-refractivity contribution in [3.63, 3.8) is 0 Å². The van der Waals surface area contributed by atoms with Crippen molar-refractivity contribution < 1.29 is 9.84 Å². The molecule has 0 fully saturated rings. The van der Waals surface area contributed by atoms with E-state index >= 15 is 0 Å². The number of hydrogen-bond donors (Lipinski definition) is 1. The number of hydrogen-bond acceptors (Lipinski definition) is 6. The Morgan fingerprint density at radius 3 is 1.82 bits per heavy atom. The lowest BCUT2D eigenvalue weighted by Crippen LogP contribution is -2.11. The molecule has 28 heavy (non-hydrogen) atoms. The summed E-state index contributed by atoms with van der Waals surface area (Å²) in [4.78, 5) is 0. The van der Waals surface area contributed by atoms with Crippen molar-refractivity contribution >= 4 is 22.7 Å². The molecule has 1 N–H and O–H groups in total. The molecule has 3 rings (SSSR count). The highest BCUT2D eigenvalue weighted by atomic mass is 16.6. The van der Waals surface area contributed by atoms with Crippen molar-refractivity contribution in [2.75, 3.05) is 0 Å². The number of nitrogens with zero attached hydrogens (tertiary/aromatic N) is 4. The van der Waals surface area contributed by atoms with Crippen molar-refractivity contribution in [3.8, 4) is 5.75 Å². The van der Waals surface area contributed by atoms with Crippen LogP contribution in [0, 0.1) is 6.92 Å². The molecule has 140 valence electrons. The maximum Gasteiger partial charge on any atom is 0.217 e. The number of aliphatic hydroxyl groups excluding tert-OH is 1. The molecule has 6 heteroatoms. The molecule has 0 aromatic heterocycles. The number of benzene rings is 3. The first-order valence-corrected chi connectivity index (χ1v) is 8.70. The Balaban J connectivity index is 1.65. The Kier molecular flexibility index (Phi) is 6.38. The first kappa shape index (κ1) is 19.1. The molecule has 0 amide bonds. The molecule has 1 unspecified atom stereocenters. The van der Waals surface area contributed by atoms with Gasteiger partial charge in [0.1, 0.15) is 5.75 Å². The van der Waals surface area contributed by atoms with E-state index in [0.717, 1.165) is 16.9 Å². The minimum Gasteiger partial charge on any atom is -0.461 e. The minimum absolute atomic E-state index is 0.569. The van der Waals surface area contributed by atoms with Gasteiger partial charge in [-0.1, -0.05) is 24.8 Å². The SMILES string of the molecule is C=CC(O)Oc1ccc(/N=N/c2ccc(/N=N/c3ccccc3)cc2)cc1C. The van der Waals surface area contributed by atoms with E-state index in [1.54, 1.807) is 12.1 Å². The van der Waals surface area contributed by atoms with E-state index in [2.05, 4.69) is 27.0 Å². The number of aliphatic hydroxyl groups is 1. The van der Waals surface area contributed by atoms with Crippen molar-refractivity contribution in [2.45, 2.75) is 13.2 Å². The van der Waals surface area contributed by atoms with E-state index in [9.17, 15) is 5.11 Å². The summed E-state index contributed by atoms with van der Waals surface area (Å²) in [6.07, 6.45) is 0.277. The predicted molar refractivity (Wildman–Crippen MR) is 109 cm³/mol. The maximum absolute atomic E-state index is 9.49. The molecule has 0 radical (unpaired) electrons. The molecule has 1 atom stereocenters. The van der Waals surface area contributed by atoms with Gasteiger partial charge in [0.2, 0.25) is 6.29 Å². The lowest BCUT2D eigenvalue weighted by Gasteiger charge is -2.11. The highest BCUT2D eigenvalue weighted by Crippen LogP contribution is 2.27. The van der Waals surface area contributed by atoms with Gasteiger partial charge < -0.3 is 9.84 Å². The molecule has 0 saturated carbocycles. The topological polar surface area (TPSA) is 78.9 Å². The monoisotopic (exact) mass is 372 g/mol. The van der Waals surface area contributed by atoms with Gasteiger partial charge in [0.05, 0.1) is 22.7 Å². The van der Waals surface area contributed by atoms with Gasteiger partial charge in [-0.3, -0.25) is 0 Å². The molecule has 0 aliphatic rings. The van der Waals surface area contributed by atoms with Gasteiger partial charge in [-0.2, -0.15) is 20.5 Å². The second kappa shape index (κ2) is 9.34. The van der Waals surface area contributed by atoms with Crippen LogP contribution in [-0.4, -0.2) is 11.4 Å². The third-order valence-corrected chi connectivity index (χ3v) is 3.78. The number of ether oxygens (including phenoxy) is 1. The fourth-order valence-electron chi connectivity index (χ4n) is 2.32. The zero-order valence-corrected chi connectivity index (χ0v) is 15.4. The summed E-state index contributed by atoms with van der Waals surface area (Å²) >= 11 is 0. The van der Waals surface area contributed by atoms with Crippen molar-refractivity contribution in [2.24, 2.45) is 20.5 Å². The van der Waals surface area contributed by atoms with Crippen LogP contribution >= 0.6 is 0 Å². The van der Waals surface area contributed by atoms with Crippen LogP contribution in [0.4, 0.5) is 22.7 Å². The minimum atomic E-state index is -1.04. The summed E-state index contributed by atoms with van der Waals surface area (Å²) in [6.45, 7) is 5.35. The van der Waals surface area contributed by atoms with Gasteiger partial charge in [0.25, 0.3) is 0 Å².